The van der Waals surface area contributed by atoms with E-state index in [0.717, 1.165) is 0 Å². The molecule has 0 atom stereocenters. The fraction of sp³-hybridized carbons (Fsp3) is 0.125. The molecule has 0 spiro atoms. The second-order valence-corrected chi connectivity index (χ2v) is 2.60. The van der Waals surface area contributed by atoms with E-state index in [2.05, 4.69) is 0 Å². The van der Waals surface area contributed by atoms with Crippen LogP contribution in [0.5, 0.6) is 0 Å². The molecule has 0 unspecified atom stereocenters. The van der Waals surface area contributed by atoms with E-state index in [0.29, 0.717) is 16.9 Å². The van der Waals surface area contributed by atoms with Crippen molar-refractivity contribution in [1.82, 2.24) is 0 Å². The molecule has 0 saturated heterocycles. The summed E-state index contributed by atoms with van der Waals surface area (Å²) in [6.45, 7) is 1.53. The van der Waals surface area contributed by atoms with E-state index in [4.69, 9.17) is 11.6 Å². The van der Waals surface area contributed by atoms with Crippen molar-refractivity contribution in [2.75, 3.05) is 0 Å². The Kier molecular flexibility index (Phi) is 2.25. The zero-order chi connectivity index (χ0) is 8.43. The largest absolute Gasteiger partial charge is 0.298 e. The number of hydrogen-bond donors (Lipinski definition) is 0. The monoisotopic (exact) mass is 172 g/mol. The maximum Gasteiger partial charge on any atom is 0.153 e. The van der Waals surface area contributed by atoms with Crippen molar-refractivity contribution in [2.45, 2.75) is 6.92 Å². The summed E-state index contributed by atoms with van der Waals surface area (Å²) in [7, 11) is 0. The minimum Gasteiger partial charge on any atom is -0.298 e. The quantitative estimate of drug-likeness (QED) is 0.595. The van der Waals surface area contributed by atoms with Gasteiger partial charge >= 0.3 is 0 Å². The highest BCUT2D eigenvalue weighted by molar-refractivity contribution is 6.31. The molecule has 0 N–H and O–H groups in total. The molecular formula is C8H6ClFO. The molecule has 1 nitrogen and oxygen atoms in total. The molecule has 0 aliphatic carbocycles. The first kappa shape index (κ1) is 8.21. The Morgan fingerprint density at radius 1 is 1.55 bits per heavy atom. The second kappa shape index (κ2) is 3.01. The lowest BCUT2D eigenvalue weighted by Crippen LogP contribution is -1.91. The van der Waals surface area contributed by atoms with Crippen LogP contribution in [0, 0.1) is 12.7 Å². The van der Waals surface area contributed by atoms with Crippen LogP contribution in [0.15, 0.2) is 12.1 Å². The molecule has 58 valence electrons. The number of rotatable bonds is 1. The van der Waals surface area contributed by atoms with Crippen molar-refractivity contribution < 1.29 is 9.18 Å². The number of carbonyl (C=O) groups excluding carboxylic acids is 1. The molecule has 0 saturated carbocycles. The van der Waals surface area contributed by atoms with Crippen molar-refractivity contribution in [1.29, 1.82) is 0 Å². The predicted octanol–water partition coefficient (Wildman–Crippen LogP) is 2.60. The number of halogens is 2. The summed E-state index contributed by atoms with van der Waals surface area (Å²) in [5.74, 6) is -0.535. The van der Waals surface area contributed by atoms with E-state index in [1.54, 1.807) is 0 Å². The van der Waals surface area contributed by atoms with Gasteiger partial charge in [0.15, 0.2) is 6.29 Å². The van der Waals surface area contributed by atoms with Gasteiger partial charge in [0.25, 0.3) is 0 Å². The van der Waals surface area contributed by atoms with Gasteiger partial charge in [-0.05, 0) is 19.1 Å². The molecule has 0 radical (unpaired) electrons. The third kappa shape index (κ3) is 1.40. The average molecular weight is 173 g/mol. The second-order valence-electron chi connectivity index (χ2n) is 2.19. The van der Waals surface area contributed by atoms with Crippen molar-refractivity contribution in [2.24, 2.45) is 0 Å². The van der Waals surface area contributed by atoms with Gasteiger partial charge < -0.3 is 0 Å². The van der Waals surface area contributed by atoms with E-state index in [1.807, 2.05) is 0 Å². The van der Waals surface area contributed by atoms with Gasteiger partial charge in [0.1, 0.15) is 5.82 Å². The first-order valence-corrected chi connectivity index (χ1v) is 3.44. The summed E-state index contributed by atoms with van der Waals surface area (Å²) < 4.78 is 12.9. The fourth-order valence-electron chi connectivity index (χ4n) is 0.773. The highest BCUT2D eigenvalue weighted by Crippen LogP contribution is 2.19. The Balaban J connectivity index is 3.36. The molecule has 0 bridgehead atoms. The molecule has 11 heavy (non-hydrogen) atoms. The standard InChI is InChI=1S/C8H6ClFO/c1-5-7(9)3-2-6(4-11)8(5)10/h2-4H,1H3. The van der Waals surface area contributed by atoms with Gasteiger partial charge in [0.05, 0.1) is 5.56 Å². The van der Waals surface area contributed by atoms with Crippen LogP contribution in [-0.4, -0.2) is 6.29 Å². The van der Waals surface area contributed by atoms with Gasteiger partial charge in [-0.25, -0.2) is 4.39 Å². The molecule has 0 aliphatic rings. The van der Waals surface area contributed by atoms with E-state index >= 15 is 0 Å². The first-order valence-electron chi connectivity index (χ1n) is 3.06. The predicted molar refractivity (Wildman–Crippen MR) is 41.5 cm³/mol. The number of aldehydes is 1. The SMILES string of the molecule is Cc1c(Cl)ccc(C=O)c1F. The summed E-state index contributed by atoms with van der Waals surface area (Å²) in [4.78, 5) is 10.2. The van der Waals surface area contributed by atoms with Crippen LogP contribution in [0.25, 0.3) is 0 Å². The lowest BCUT2D eigenvalue weighted by atomic mass is 10.1. The zero-order valence-corrected chi connectivity index (χ0v) is 6.65. The Labute approximate surface area is 68.8 Å². The number of benzene rings is 1. The van der Waals surface area contributed by atoms with Crippen LogP contribution in [0.3, 0.4) is 0 Å². The molecule has 0 aromatic heterocycles. The maximum absolute atomic E-state index is 12.9. The van der Waals surface area contributed by atoms with Gasteiger partial charge in [-0.15, -0.1) is 0 Å². The van der Waals surface area contributed by atoms with E-state index in [1.165, 1.54) is 19.1 Å². The fourth-order valence-corrected chi connectivity index (χ4v) is 0.919. The molecule has 0 amide bonds. The Hall–Kier alpha value is -0.890. The highest BCUT2D eigenvalue weighted by atomic mass is 35.5. The minimum absolute atomic E-state index is 0.0481. The van der Waals surface area contributed by atoms with Crippen molar-refractivity contribution >= 4 is 17.9 Å². The molecular weight excluding hydrogens is 167 g/mol. The molecule has 1 aromatic carbocycles. The maximum atomic E-state index is 12.9. The van der Waals surface area contributed by atoms with Crippen LogP contribution >= 0.6 is 11.6 Å². The van der Waals surface area contributed by atoms with Crippen LogP contribution in [0.4, 0.5) is 4.39 Å². The number of carbonyl (C=O) groups is 1. The van der Waals surface area contributed by atoms with Crippen LogP contribution in [0.1, 0.15) is 15.9 Å². The minimum atomic E-state index is -0.535. The lowest BCUT2D eigenvalue weighted by molar-refractivity contribution is 0.111. The van der Waals surface area contributed by atoms with Crippen LogP contribution < -0.4 is 0 Å². The Bertz CT molecular complexity index is 296. The summed E-state index contributed by atoms with van der Waals surface area (Å²) in [5, 5.41) is 0.341. The summed E-state index contributed by atoms with van der Waals surface area (Å²) >= 11 is 5.59. The van der Waals surface area contributed by atoms with E-state index in [-0.39, 0.29) is 5.56 Å². The molecule has 1 aromatic rings. The van der Waals surface area contributed by atoms with E-state index in [9.17, 15) is 9.18 Å². The topological polar surface area (TPSA) is 17.1 Å². The van der Waals surface area contributed by atoms with Crippen LogP contribution in [-0.2, 0) is 0 Å². The molecule has 0 aliphatic heterocycles. The van der Waals surface area contributed by atoms with Gasteiger partial charge in [0, 0.05) is 10.6 Å². The summed E-state index contributed by atoms with van der Waals surface area (Å²) in [5.41, 5.74) is 0.364. The van der Waals surface area contributed by atoms with E-state index < -0.39 is 5.82 Å². The smallest absolute Gasteiger partial charge is 0.153 e. The van der Waals surface area contributed by atoms with Gasteiger partial charge in [-0.1, -0.05) is 11.6 Å². The molecule has 3 heteroatoms. The van der Waals surface area contributed by atoms with Gasteiger partial charge in [-0.2, -0.15) is 0 Å². The summed E-state index contributed by atoms with van der Waals surface area (Å²) in [6.07, 6.45) is 0.471. The lowest BCUT2D eigenvalue weighted by Gasteiger charge is -2.00. The molecule has 0 fully saturated rings. The molecule has 1 rings (SSSR count). The van der Waals surface area contributed by atoms with Crippen molar-refractivity contribution in [3.63, 3.8) is 0 Å². The van der Waals surface area contributed by atoms with Crippen molar-refractivity contribution in [3.8, 4) is 0 Å². The number of hydrogen-bond acceptors (Lipinski definition) is 1. The third-order valence-electron chi connectivity index (χ3n) is 1.48. The van der Waals surface area contributed by atoms with Crippen molar-refractivity contribution in [3.05, 3.63) is 34.1 Å². The zero-order valence-electron chi connectivity index (χ0n) is 5.90. The Morgan fingerprint density at radius 3 is 2.73 bits per heavy atom. The first-order chi connectivity index (χ1) is 5.16. The average Bonchev–Trinajstić information content (AvgIpc) is 2.01. The van der Waals surface area contributed by atoms with Crippen LogP contribution in [0.2, 0.25) is 5.02 Å². The van der Waals surface area contributed by atoms with Gasteiger partial charge in [-0.3, -0.25) is 4.79 Å². The molecule has 0 heterocycles. The third-order valence-corrected chi connectivity index (χ3v) is 1.89. The van der Waals surface area contributed by atoms with Gasteiger partial charge in [0.2, 0.25) is 0 Å². The highest BCUT2D eigenvalue weighted by Gasteiger charge is 2.06. The Morgan fingerprint density at radius 2 is 2.18 bits per heavy atom. The normalized spacial score (nSPS) is 9.73. The summed E-state index contributed by atoms with van der Waals surface area (Å²) in [6, 6.07) is 2.86.